The van der Waals surface area contributed by atoms with Crippen molar-refractivity contribution in [3.8, 4) is 5.75 Å². The van der Waals surface area contributed by atoms with Gasteiger partial charge in [0.15, 0.2) is 0 Å². The smallest absolute Gasteiger partial charge is 0.235 e. The van der Waals surface area contributed by atoms with Crippen molar-refractivity contribution in [1.29, 1.82) is 0 Å². The second-order valence-electron chi connectivity index (χ2n) is 4.44. The van der Waals surface area contributed by atoms with E-state index in [9.17, 15) is 4.39 Å². The molecule has 1 atom stereocenters. The molecule has 0 saturated heterocycles. The second kappa shape index (κ2) is 3.99. The molecule has 14 heavy (non-hydrogen) atoms. The van der Waals surface area contributed by atoms with E-state index in [-0.39, 0.29) is 5.41 Å². The van der Waals surface area contributed by atoms with Crippen molar-refractivity contribution < 1.29 is 9.13 Å². The molecule has 1 rings (SSSR count). The van der Waals surface area contributed by atoms with Crippen LogP contribution in [0.5, 0.6) is 5.75 Å². The quantitative estimate of drug-likeness (QED) is 0.701. The van der Waals surface area contributed by atoms with Crippen LogP contribution >= 0.6 is 0 Å². The summed E-state index contributed by atoms with van der Waals surface area (Å²) in [5.41, 5.74) is 1.22. The standard InChI is InChI=1S/C12H17FO/c1-9(13)14-11-7-5-6-10(8-11)12(2,3)4/h5-9H,1-4H3. The second-order valence-corrected chi connectivity index (χ2v) is 4.44. The van der Waals surface area contributed by atoms with Gasteiger partial charge in [0.2, 0.25) is 6.36 Å². The van der Waals surface area contributed by atoms with Crippen molar-refractivity contribution in [2.45, 2.75) is 39.5 Å². The Kier molecular flexibility index (Phi) is 3.14. The van der Waals surface area contributed by atoms with Crippen LogP contribution in [0.25, 0.3) is 0 Å². The van der Waals surface area contributed by atoms with E-state index < -0.39 is 6.36 Å². The van der Waals surface area contributed by atoms with Crippen LogP contribution in [0.15, 0.2) is 24.3 Å². The van der Waals surface area contributed by atoms with Crippen molar-refractivity contribution in [2.75, 3.05) is 0 Å². The molecule has 0 N–H and O–H groups in total. The van der Waals surface area contributed by atoms with Gasteiger partial charge in [-0.3, -0.25) is 0 Å². The average Bonchev–Trinajstić information content (AvgIpc) is 2.01. The molecule has 0 amide bonds. The van der Waals surface area contributed by atoms with Crippen molar-refractivity contribution in [1.82, 2.24) is 0 Å². The van der Waals surface area contributed by atoms with Crippen molar-refractivity contribution in [2.24, 2.45) is 0 Å². The third kappa shape index (κ3) is 3.02. The number of hydrogen-bond donors (Lipinski definition) is 0. The van der Waals surface area contributed by atoms with Gasteiger partial charge in [-0.05, 0) is 23.1 Å². The number of benzene rings is 1. The van der Waals surface area contributed by atoms with Crippen LogP contribution in [0.1, 0.15) is 33.3 Å². The van der Waals surface area contributed by atoms with Gasteiger partial charge in [-0.1, -0.05) is 32.9 Å². The summed E-state index contributed by atoms with van der Waals surface area (Å²) in [7, 11) is 0. The summed E-state index contributed by atoms with van der Waals surface area (Å²) in [5, 5.41) is 0. The first kappa shape index (κ1) is 11.0. The Hall–Kier alpha value is -1.05. The highest BCUT2D eigenvalue weighted by atomic mass is 19.1. The highest BCUT2D eigenvalue weighted by Crippen LogP contribution is 2.25. The SMILES string of the molecule is CC(F)Oc1cccc(C(C)(C)C)c1. The first-order chi connectivity index (χ1) is 6.39. The van der Waals surface area contributed by atoms with Gasteiger partial charge in [-0.15, -0.1) is 0 Å². The Labute approximate surface area is 84.9 Å². The predicted octanol–water partition coefficient (Wildman–Crippen LogP) is 3.68. The first-order valence-electron chi connectivity index (χ1n) is 4.81. The summed E-state index contributed by atoms with van der Waals surface area (Å²) >= 11 is 0. The van der Waals surface area contributed by atoms with Crippen LogP contribution < -0.4 is 4.74 Å². The zero-order valence-corrected chi connectivity index (χ0v) is 9.17. The Morgan fingerprint density at radius 1 is 1.29 bits per heavy atom. The van der Waals surface area contributed by atoms with E-state index in [1.165, 1.54) is 6.92 Å². The van der Waals surface area contributed by atoms with Crippen LogP contribution in [0.4, 0.5) is 4.39 Å². The van der Waals surface area contributed by atoms with Crippen molar-refractivity contribution in [3.63, 3.8) is 0 Å². The van der Waals surface area contributed by atoms with Crippen LogP contribution in [-0.4, -0.2) is 6.36 Å². The van der Waals surface area contributed by atoms with Gasteiger partial charge < -0.3 is 4.74 Å². The Bertz CT molecular complexity index is 299. The predicted molar refractivity (Wildman–Crippen MR) is 56.3 cm³/mol. The van der Waals surface area contributed by atoms with E-state index in [4.69, 9.17) is 4.74 Å². The molecule has 1 unspecified atom stereocenters. The molecule has 0 aromatic heterocycles. The molecule has 1 aromatic carbocycles. The molecule has 0 fully saturated rings. The lowest BCUT2D eigenvalue weighted by molar-refractivity contribution is 0.0859. The fourth-order valence-corrected chi connectivity index (χ4v) is 1.22. The molecule has 78 valence electrons. The van der Waals surface area contributed by atoms with Crippen molar-refractivity contribution in [3.05, 3.63) is 29.8 Å². The number of ether oxygens (including phenoxy) is 1. The molecule has 0 aliphatic heterocycles. The van der Waals surface area contributed by atoms with Crippen LogP contribution in [0, 0.1) is 0 Å². The number of halogens is 1. The molecular weight excluding hydrogens is 179 g/mol. The van der Waals surface area contributed by atoms with Crippen LogP contribution in [0.3, 0.4) is 0 Å². The highest BCUT2D eigenvalue weighted by Gasteiger charge is 2.14. The number of alkyl halides is 1. The summed E-state index contributed by atoms with van der Waals surface area (Å²) in [4.78, 5) is 0. The van der Waals surface area contributed by atoms with Crippen molar-refractivity contribution >= 4 is 0 Å². The molecule has 0 spiro atoms. The van der Waals surface area contributed by atoms with E-state index in [0.717, 1.165) is 5.56 Å². The monoisotopic (exact) mass is 196 g/mol. The summed E-state index contributed by atoms with van der Waals surface area (Å²) < 4.78 is 17.6. The van der Waals surface area contributed by atoms with E-state index in [1.54, 1.807) is 6.07 Å². The first-order valence-corrected chi connectivity index (χ1v) is 4.81. The van der Waals surface area contributed by atoms with E-state index in [2.05, 4.69) is 20.8 Å². The lowest BCUT2D eigenvalue weighted by Gasteiger charge is -2.19. The molecule has 0 aliphatic rings. The Morgan fingerprint density at radius 2 is 1.93 bits per heavy atom. The highest BCUT2D eigenvalue weighted by molar-refractivity contribution is 5.32. The summed E-state index contributed by atoms with van der Waals surface area (Å²) in [6, 6.07) is 7.56. The minimum Gasteiger partial charge on any atom is -0.461 e. The average molecular weight is 196 g/mol. The zero-order chi connectivity index (χ0) is 10.8. The minimum atomic E-state index is -1.26. The molecule has 1 aromatic rings. The lowest BCUT2D eigenvalue weighted by atomic mass is 9.87. The molecule has 0 saturated carbocycles. The molecular formula is C12H17FO. The van der Waals surface area contributed by atoms with Gasteiger partial charge >= 0.3 is 0 Å². The molecule has 1 nitrogen and oxygen atoms in total. The van der Waals surface area contributed by atoms with Gasteiger partial charge in [0.1, 0.15) is 5.75 Å². The third-order valence-corrected chi connectivity index (χ3v) is 2.00. The lowest BCUT2D eigenvalue weighted by Crippen LogP contribution is -2.11. The summed E-state index contributed by atoms with van der Waals surface area (Å²) in [5.74, 6) is 0.590. The number of rotatable bonds is 2. The zero-order valence-electron chi connectivity index (χ0n) is 9.17. The normalized spacial score (nSPS) is 13.8. The van der Waals surface area contributed by atoms with Crippen LogP contribution in [-0.2, 0) is 5.41 Å². The Balaban J connectivity index is 2.90. The molecule has 2 heteroatoms. The maximum Gasteiger partial charge on any atom is 0.235 e. The van der Waals surface area contributed by atoms with Gasteiger partial charge in [0.25, 0.3) is 0 Å². The van der Waals surface area contributed by atoms with Gasteiger partial charge in [-0.2, -0.15) is 0 Å². The van der Waals surface area contributed by atoms with Crippen LogP contribution in [0.2, 0.25) is 0 Å². The molecule has 0 heterocycles. The van der Waals surface area contributed by atoms with E-state index in [0.29, 0.717) is 5.75 Å². The van der Waals surface area contributed by atoms with Gasteiger partial charge in [0.05, 0.1) is 0 Å². The fraction of sp³-hybridized carbons (Fsp3) is 0.500. The molecule has 0 aliphatic carbocycles. The maximum absolute atomic E-state index is 12.6. The fourth-order valence-electron chi connectivity index (χ4n) is 1.22. The summed E-state index contributed by atoms with van der Waals surface area (Å²) in [6.07, 6.45) is -1.26. The number of hydrogen-bond acceptors (Lipinski definition) is 1. The van der Waals surface area contributed by atoms with E-state index in [1.807, 2.05) is 18.2 Å². The van der Waals surface area contributed by atoms with Gasteiger partial charge in [-0.25, -0.2) is 4.39 Å². The topological polar surface area (TPSA) is 9.23 Å². The minimum absolute atomic E-state index is 0.0684. The third-order valence-electron chi connectivity index (χ3n) is 2.00. The van der Waals surface area contributed by atoms with Gasteiger partial charge in [0, 0.05) is 6.92 Å². The largest absolute Gasteiger partial charge is 0.461 e. The Morgan fingerprint density at radius 3 is 2.43 bits per heavy atom. The molecule has 0 radical (unpaired) electrons. The maximum atomic E-state index is 12.6. The van der Waals surface area contributed by atoms with E-state index >= 15 is 0 Å². The summed E-state index contributed by atoms with van der Waals surface area (Å²) in [6.45, 7) is 7.73. The molecule has 0 bridgehead atoms.